The largest absolute Gasteiger partial charge is 0.476 e. The fraction of sp³-hybridized carbons (Fsp3) is 0.750. The highest BCUT2D eigenvalue weighted by Gasteiger charge is 2.62. The summed E-state index contributed by atoms with van der Waals surface area (Å²) in [4.78, 5) is 12.0. The Morgan fingerprint density at radius 1 is 1.33 bits per heavy atom. The topological polar surface area (TPSA) is 53.4 Å². The molecular weight excluding hydrogens is 325 g/mol. The molecule has 136 valence electrons. The van der Waals surface area contributed by atoms with Crippen molar-refractivity contribution in [1.82, 2.24) is 9.78 Å². The summed E-state index contributed by atoms with van der Waals surface area (Å²) < 4.78 is 50.3. The van der Waals surface area contributed by atoms with Crippen molar-refractivity contribution >= 4 is 6.09 Å². The quantitative estimate of drug-likeness (QED) is 0.794. The number of nitrogens with zero attached hydrogens (tertiary/aromatic N) is 2. The number of aryl methyl sites for hydroxylation is 1. The van der Waals surface area contributed by atoms with Crippen molar-refractivity contribution in [2.45, 2.75) is 65.2 Å². The van der Waals surface area contributed by atoms with Crippen LogP contribution in [0.25, 0.3) is 0 Å². The minimum Gasteiger partial charge on any atom is -0.476 e. The maximum absolute atomic E-state index is 12.9. The summed E-state index contributed by atoms with van der Waals surface area (Å²) in [5.74, 6) is 0.182. The smallest absolute Gasteiger partial charge is 0.435 e. The van der Waals surface area contributed by atoms with Gasteiger partial charge in [0.05, 0.1) is 12.0 Å². The average molecular weight is 348 g/mol. The zero-order chi connectivity index (χ0) is 18.2. The van der Waals surface area contributed by atoms with Gasteiger partial charge in [0.1, 0.15) is 5.60 Å². The van der Waals surface area contributed by atoms with Gasteiger partial charge in [-0.25, -0.2) is 4.79 Å². The molecule has 24 heavy (non-hydrogen) atoms. The van der Waals surface area contributed by atoms with Crippen LogP contribution in [0.3, 0.4) is 0 Å². The van der Waals surface area contributed by atoms with E-state index >= 15 is 0 Å². The van der Waals surface area contributed by atoms with Crippen LogP contribution in [-0.2, 0) is 11.2 Å². The molecular formula is C16H23F3N2O3. The molecule has 1 fully saturated rings. The Hall–Kier alpha value is -1.73. The Bertz CT molecular complexity index is 599. The van der Waals surface area contributed by atoms with Gasteiger partial charge in [0.25, 0.3) is 0 Å². The molecule has 0 aliphatic heterocycles. The van der Waals surface area contributed by atoms with Crippen molar-refractivity contribution in [3.63, 3.8) is 0 Å². The second-order valence-corrected chi connectivity index (χ2v) is 7.11. The number of ether oxygens (including phenoxy) is 2. The van der Waals surface area contributed by atoms with Crippen LogP contribution in [0.2, 0.25) is 0 Å². The van der Waals surface area contributed by atoms with Crippen molar-refractivity contribution < 1.29 is 27.4 Å². The fourth-order valence-electron chi connectivity index (χ4n) is 2.33. The van der Waals surface area contributed by atoms with Gasteiger partial charge in [-0.3, -0.25) is 0 Å². The van der Waals surface area contributed by atoms with Gasteiger partial charge < -0.3 is 9.47 Å². The van der Waals surface area contributed by atoms with Gasteiger partial charge in [0.2, 0.25) is 5.88 Å². The molecule has 0 saturated heterocycles. The van der Waals surface area contributed by atoms with Gasteiger partial charge in [0, 0.05) is 11.8 Å². The van der Waals surface area contributed by atoms with E-state index in [2.05, 4.69) is 5.10 Å². The van der Waals surface area contributed by atoms with Crippen LogP contribution < -0.4 is 4.74 Å². The summed E-state index contributed by atoms with van der Waals surface area (Å²) in [6.07, 6.45) is -2.62. The summed E-state index contributed by atoms with van der Waals surface area (Å²) in [6, 6.07) is 0. The second-order valence-electron chi connectivity index (χ2n) is 7.11. The van der Waals surface area contributed by atoms with Gasteiger partial charge in [-0.05, 0) is 46.5 Å². The second kappa shape index (κ2) is 6.29. The molecule has 0 N–H and O–H groups in total. The van der Waals surface area contributed by atoms with E-state index in [1.165, 1.54) is 6.20 Å². The lowest BCUT2D eigenvalue weighted by atomic mass is 10.0. The molecule has 8 heteroatoms. The normalized spacial score (nSPS) is 16.8. The summed E-state index contributed by atoms with van der Waals surface area (Å²) in [5.41, 5.74) is -1.62. The Balaban J connectivity index is 1.99. The number of carbonyl (C=O) groups is 1. The van der Waals surface area contributed by atoms with Gasteiger partial charge >= 0.3 is 12.3 Å². The zero-order valence-electron chi connectivity index (χ0n) is 14.4. The van der Waals surface area contributed by atoms with E-state index in [0.717, 1.165) is 4.68 Å². The first kappa shape index (κ1) is 18.6. The number of hydrogen-bond donors (Lipinski definition) is 0. The molecule has 1 aromatic heterocycles. The third-order valence-electron chi connectivity index (χ3n) is 3.99. The van der Waals surface area contributed by atoms with Gasteiger partial charge in [-0.15, -0.1) is 5.10 Å². The number of aromatic nitrogens is 2. The molecule has 1 heterocycles. The Morgan fingerprint density at radius 2 is 1.96 bits per heavy atom. The highest BCUT2D eigenvalue weighted by Crippen LogP contribution is 2.59. The van der Waals surface area contributed by atoms with E-state index in [9.17, 15) is 18.0 Å². The monoisotopic (exact) mass is 348 g/mol. The molecule has 0 amide bonds. The van der Waals surface area contributed by atoms with E-state index in [1.807, 2.05) is 6.92 Å². The Morgan fingerprint density at radius 3 is 2.42 bits per heavy atom. The maximum Gasteiger partial charge on any atom is 0.435 e. The highest BCUT2D eigenvalue weighted by molar-refractivity contribution is 5.70. The van der Waals surface area contributed by atoms with Gasteiger partial charge in [-0.2, -0.15) is 17.9 Å². The number of halogens is 3. The van der Waals surface area contributed by atoms with Crippen LogP contribution >= 0.6 is 0 Å². The van der Waals surface area contributed by atoms with Crippen molar-refractivity contribution in [2.24, 2.45) is 5.41 Å². The molecule has 0 spiro atoms. The van der Waals surface area contributed by atoms with Crippen LogP contribution in [0.4, 0.5) is 18.0 Å². The standard InChI is InChI=1S/C16H23F3N2O3/c1-5-11-10-21(13(22)24-14(2,3)4)20-12(11)23-9-8-15(6-7-15)16(17,18)19/h10H,5-9H2,1-4H3. The molecule has 0 radical (unpaired) electrons. The van der Waals surface area contributed by atoms with Gasteiger partial charge in [-0.1, -0.05) is 6.92 Å². The lowest BCUT2D eigenvalue weighted by Gasteiger charge is -2.19. The van der Waals surface area contributed by atoms with Crippen molar-refractivity contribution in [1.29, 1.82) is 0 Å². The lowest BCUT2D eigenvalue weighted by molar-refractivity contribution is -0.190. The lowest BCUT2D eigenvalue weighted by Crippen LogP contribution is -2.27. The maximum atomic E-state index is 12.9. The first-order valence-corrected chi connectivity index (χ1v) is 7.99. The van der Waals surface area contributed by atoms with E-state index in [0.29, 0.717) is 12.0 Å². The summed E-state index contributed by atoms with van der Waals surface area (Å²) in [6.45, 7) is 6.97. The van der Waals surface area contributed by atoms with Gasteiger partial charge in [0.15, 0.2) is 0 Å². The number of alkyl halides is 3. The van der Waals surface area contributed by atoms with Crippen LogP contribution in [0.5, 0.6) is 5.88 Å². The van der Waals surface area contributed by atoms with E-state index in [4.69, 9.17) is 9.47 Å². The molecule has 0 unspecified atom stereocenters. The van der Waals surface area contributed by atoms with E-state index in [-0.39, 0.29) is 31.7 Å². The predicted octanol–water partition coefficient (Wildman–Crippen LogP) is 4.34. The molecule has 0 bridgehead atoms. The van der Waals surface area contributed by atoms with Crippen LogP contribution in [0.15, 0.2) is 6.20 Å². The highest BCUT2D eigenvalue weighted by atomic mass is 19.4. The van der Waals surface area contributed by atoms with Crippen LogP contribution in [0, 0.1) is 5.41 Å². The number of hydrogen-bond acceptors (Lipinski definition) is 4. The SMILES string of the molecule is CCc1cn(C(=O)OC(C)(C)C)nc1OCCC1(C(F)(F)F)CC1. The average Bonchev–Trinajstić information content (AvgIpc) is 3.10. The molecule has 1 aliphatic carbocycles. The molecule has 2 rings (SSSR count). The molecule has 1 aliphatic rings. The molecule has 0 atom stereocenters. The zero-order valence-corrected chi connectivity index (χ0v) is 14.4. The number of carbonyl (C=O) groups excluding carboxylic acids is 1. The number of rotatable bonds is 5. The first-order chi connectivity index (χ1) is 11.0. The Labute approximate surface area is 139 Å². The molecule has 0 aromatic carbocycles. The van der Waals surface area contributed by atoms with E-state index in [1.54, 1.807) is 20.8 Å². The summed E-state index contributed by atoms with van der Waals surface area (Å²) in [5, 5.41) is 4.01. The van der Waals surface area contributed by atoms with E-state index < -0.39 is 23.3 Å². The Kier molecular flexibility index (Phi) is 4.88. The predicted molar refractivity (Wildman–Crippen MR) is 81.1 cm³/mol. The van der Waals surface area contributed by atoms with Crippen molar-refractivity contribution in [3.05, 3.63) is 11.8 Å². The molecule has 5 nitrogen and oxygen atoms in total. The van der Waals surface area contributed by atoms with Crippen molar-refractivity contribution in [3.8, 4) is 5.88 Å². The summed E-state index contributed by atoms with van der Waals surface area (Å²) >= 11 is 0. The third kappa shape index (κ3) is 4.21. The minimum atomic E-state index is -4.19. The van der Waals surface area contributed by atoms with Crippen molar-refractivity contribution in [2.75, 3.05) is 6.61 Å². The first-order valence-electron chi connectivity index (χ1n) is 7.99. The molecule has 1 saturated carbocycles. The summed E-state index contributed by atoms with van der Waals surface area (Å²) in [7, 11) is 0. The molecule has 1 aromatic rings. The fourth-order valence-corrected chi connectivity index (χ4v) is 2.33. The third-order valence-corrected chi connectivity index (χ3v) is 3.99. The van der Waals surface area contributed by atoms with Crippen LogP contribution in [-0.4, -0.2) is 34.3 Å². The van der Waals surface area contributed by atoms with Crippen LogP contribution in [0.1, 0.15) is 52.5 Å². The minimum absolute atomic E-state index is 0.0855.